The van der Waals surface area contributed by atoms with Gasteiger partial charge in [-0.05, 0) is 36.4 Å². The Morgan fingerprint density at radius 3 is 2.74 bits per heavy atom. The zero-order valence-corrected chi connectivity index (χ0v) is 13.8. The summed E-state index contributed by atoms with van der Waals surface area (Å²) in [5, 5.41) is 2.32. The van der Waals surface area contributed by atoms with Crippen LogP contribution in [0.1, 0.15) is 16.3 Å². The fraction of sp³-hybridized carbons (Fsp3) is 0.105. The zero-order valence-electron chi connectivity index (χ0n) is 13.8. The van der Waals surface area contributed by atoms with E-state index < -0.39 is 17.5 Å². The van der Waals surface area contributed by atoms with Crippen LogP contribution in [-0.2, 0) is 6.61 Å². The van der Waals surface area contributed by atoms with E-state index in [2.05, 4.69) is 5.32 Å². The Balaban J connectivity index is 1.38. The first-order chi connectivity index (χ1) is 13.1. The highest BCUT2D eigenvalue weighted by Crippen LogP contribution is 2.35. The van der Waals surface area contributed by atoms with Crippen molar-refractivity contribution >= 4 is 11.6 Å². The van der Waals surface area contributed by atoms with E-state index in [1.807, 2.05) is 0 Å². The molecule has 0 saturated heterocycles. The maximum atomic E-state index is 13.6. The number of carbonyl (C=O) groups is 1. The number of furan rings is 1. The van der Waals surface area contributed by atoms with Crippen molar-refractivity contribution in [2.75, 3.05) is 12.1 Å². The van der Waals surface area contributed by atoms with E-state index in [1.54, 1.807) is 24.3 Å². The lowest BCUT2D eigenvalue weighted by molar-refractivity contribution is 0.0992. The van der Waals surface area contributed by atoms with Crippen molar-refractivity contribution in [1.29, 1.82) is 0 Å². The minimum atomic E-state index is -0.874. The van der Waals surface area contributed by atoms with Crippen LogP contribution in [0.2, 0.25) is 0 Å². The van der Waals surface area contributed by atoms with Crippen LogP contribution in [0.4, 0.5) is 14.5 Å². The molecule has 138 valence electrons. The molecule has 0 radical (unpaired) electrons. The Labute approximate surface area is 152 Å². The van der Waals surface area contributed by atoms with Crippen molar-refractivity contribution < 1.29 is 32.2 Å². The van der Waals surface area contributed by atoms with Gasteiger partial charge in [0.1, 0.15) is 29.8 Å². The van der Waals surface area contributed by atoms with Crippen LogP contribution < -0.4 is 19.5 Å². The summed E-state index contributed by atoms with van der Waals surface area (Å²) in [5.41, 5.74) is -0.143. The lowest BCUT2D eigenvalue weighted by Crippen LogP contribution is -2.12. The number of hydrogen-bond acceptors (Lipinski definition) is 5. The van der Waals surface area contributed by atoms with Gasteiger partial charge in [0.05, 0.1) is 5.69 Å². The molecule has 0 saturated carbocycles. The smallest absolute Gasteiger partial charge is 0.291 e. The van der Waals surface area contributed by atoms with Gasteiger partial charge in [0, 0.05) is 12.1 Å². The number of halogens is 2. The van der Waals surface area contributed by atoms with Gasteiger partial charge in [-0.2, -0.15) is 0 Å². The number of anilines is 1. The predicted molar refractivity (Wildman–Crippen MR) is 89.9 cm³/mol. The Morgan fingerprint density at radius 2 is 1.89 bits per heavy atom. The molecule has 0 aliphatic carbocycles. The molecule has 3 aromatic rings. The second-order valence-electron chi connectivity index (χ2n) is 5.65. The minimum Gasteiger partial charge on any atom is -0.486 e. The molecule has 1 amide bonds. The Kier molecular flexibility index (Phi) is 4.37. The SMILES string of the molecule is O=C(Nc1ccc(F)cc1F)c1ccc(COc2ccc3c(c2)OCO3)o1. The van der Waals surface area contributed by atoms with Gasteiger partial charge in [0.25, 0.3) is 5.91 Å². The van der Waals surface area contributed by atoms with Crippen molar-refractivity contribution in [3.63, 3.8) is 0 Å². The molecule has 0 fully saturated rings. The highest BCUT2D eigenvalue weighted by atomic mass is 19.1. The summed E-state index contributed by atoms with van der Waals surface area (Å²) in [7, 11) is 0. The van der Waals surface area contributed by atoms with Gasteiger partial charge in [0.2, 0.25) is 6.79 Å². The number of fused-ring (bicyclic) bond motifs is 1. The quantitative estimate of drug-likeness (QED) is 0.729. The van der Waals surface area contributed by atoms with Crippen LogP contribution in [-0.4, -0.2) is 12.7 Å². The third-order valence-electron chi connectivity index (χ3n) is 3.79. The van der Waals surface area contributed by atoms with E-state index in [1.165, 1.54) is 6.07 Å². The number of ether oxygens (including phenoxy) is 3. The average Bonchev–Trinajstić information content (AvgIpc) is 3.31. The summed E-state index contributed by atoms with van der Waals surface area (Å²) in [6.07, 6.45) is 0. The molecule has 0 spiro atoms. The Morgan fingerprint density at radius 1 is 1.04 bits per heavy atom. The van der Waals surface area contributed by atoms with Crippen LogP contribution in [0.15, 0.2) is 52.9 Å². The van der Waals surface area contributed by atoms with E-state index in [0.29, 0.717) is 29.1 Å². The molecule has 1 aromatic heterocycles. The maximum Gasteiger partial charge on any atom is 0.291 e. The molecule has 1 aliphatic rings. The predicted octanol–water partition coefficient (Wildman–Crippen LogP) is 4.12. The number of benzene rings is 2. The number of rotatable bonds is 5. The van der Waals surface area contributed by atoms with Crippen molar-refractivity contribution in [3.8, 4) is 17.2 Å². The van der Waals surface area contributed by atoms with Crippen LogP contribution in [0.3, 0.4) is 0 Å². The highest BCUT2D eigenvalue weighted by molar-refractivity contribution is 6.02. The standard InChI is InChI=1S/C19H13F2NO5/c20-11-1-4-15(14(21)7-11)22-19(23)17-6-3-13(27-17)9-24-12-2-5-16-18(8-12)26-10-25-16/h1-8H,9-10H2,(H,22,23). The molecular formula is C19H13F2NO5. The number of amides is 1. The molecule has 2 aromatic carbocycles. The summed E-state index contributed by atoms with van der Waals surface area (Å²) in [5.74, 6) is -0.0985. The maximum absolute atomic E-state index is 13.6. The van der Waals surface area contributed by atoms with Gasteiger partial charge in [-0.1, -0.05) is 0 Å². The molecule has 1 aliphatic heterocycles. The second-order valence-corrected chi connectivity index (χ2v) is 5.65. The van der Waals surface area contributed by atoms with E-state index in [0.717, 1.165) is 12.1 Å². The Hall–Kier alpha value is -3.55. The summed E-state index contributed by atoms with van der Waals surface area (Å²) in [4.78, 5) is 12.1. The molecule has 0 unspecified atom stereocenters. The van der Waals surface area contributed by atoms with E-state index in [-0.39, 0.29) is 24.8 Å². The molecule has 4 rings (SSSR count). The van der Waals surface area contributed by atoms with Gasteiger partial charge in [-0.15, -0.1) is 0 Å². The lowest BCUT2D eigenvalue weighted by Gasteiger charge is -2.06. The van der Waals surface area contributed by atoms with Crippen LogP contribution in [0, 0.1) is 11.6 Å². The zero-order chi connectivity index (χ0) is 18.8. The summed E-state index contributed by atoms with van der Waals surface area (Å²) >= 11 is 0. The molecule has 6 nitrogen and oxygen atoms in total. The van der Waals surface area contributed by atoms with Crippen molar-refractivity contribution in [2.24, 2.45) is 0 Å². The number of carbonyl (C=O) groups excluding carboxylic acids is 1. The fourth-order valence-electron chi connectivity index (χ4n) is 2.47. The number of nitrogens with one attached hydrogen (secondary N) is 1. The topological polar surface area (TPSA) is 69.9 Å². The van der Waals surface area contributed by atoms with Crippen molar-refractivity contribution in [3.05, 3.63) is 71.7 Å². The van der Waals surface area contributed by atoms with Gasteiger partial charge >= 0.3 is 0 Å². The highest BCUT2D eigenvalue weighted by Gasteiger charge is 2.16. The molecule has 0 bridgehead atoms. The normalized spacial score (nSPS) is 12.1. The number of hydrogen-bond donors (Lipinski definition) is 1. The van der Waals surface area contributed by atoms with Crippen LogP contribution >= 0.6 is 0 Å². The molecule has 2 heterocycles. The van der Waals surface area contributed by atoms with Crippen molar-refractivity contribution in [1.82, 2.24) is 0 Å². The second kappa shape index (κ2) is 6.99. The average molecular weight is 373 g/mol. The third kappa shape index (κ3) is 3.69. The Bertz CT molecular complexity index is 1000. The van der Waals surface area contributed by atoms with E-state index in [4.69, 9.17) is 18.6 Å². The summed E-state index contributed by atoms with van der Waals surface area (Å²) < 4.78 is 48.0. The summed E-state index contributed by atoms with van der Waals surface area (Å²) in [6, 6.07) is 11.0. The monoisotopic (exact) mass is 373 g/mol. The first-order valence-corrected chi connectivity index (χ1v) is 7.96. The molecule has 0 atom stereocenters. The minimum absolute atomic E-state index is 0.0250. The van der Waals surface area contributed by atoms with E-state index in [9.17, 15) is 13.6 Å². The first kappa shape index (κ1) is 16.9. The largest absolute Gasteiger partial charge is 0.486 e. The van der Waals surface area contributed by atoms with Crippen LogP contribution in [0.5, 0.6) is 17.2 Å². The van der Waals surface area contributed by atoms with Gasteiger partial charge in [-0.3, -0.25) is 4.79 Å². The molecule has 8 heteroatoms. The first-order valence-electron chi connectivity index (χ1n) is 7.96. The molecule has 27 heavy (non-hydrogen) atoms. The lowest BCUT2D eigenvalue weighted by atomic mass is 10.3. The third-order valence-corrected chi connectivity index (χ3v) is 3.79. The van der Waals surface area contributed by atoms with Crippen molar-refractivity contribution in [2.45, 2.75) is 6.61 Å². The molecule has 1 N–H and O–H groups in total. The van der Waals surface area contributed by atoms with Gasteiger partial charge in [0.15, 0.2) is 17.3 Å². The molecular weight excluding hydrogens is 360 g/mol. The van der Waals surface area contributed by atoms with Gasteiger partial charge in [-0.25, -0.2) is 8.78 Å². The van der Waals surface area contributed by atoms with Gasteiger partial charge < -0.3 is 23.9 Å². The fourth-order valence-corrected chi connectivity index (χ4v) is 2.47. The van der Waals surface area contributed by atoms with Crippen LogP contribution in [0.25, 0.3) is 0 Å². The summed E-state index contributed by atoms with van der Waals surface area (Å²) in [6.45, 7) is 0.252. The van der Waals surface area contributed by atoms with E-state index >= 15 is 0 Å².